The zero-order valence-corrected chi connectivity index (χ0v) is 11.8. The highest BCUT2D eigenvalue weighted by molar-refractivity contribution is 5.94. The molecule has 0 saturated heterocycles. The topological polar surface area (TPSA) is 61.5 Å². The number of carbonyl (C=O) groups excluding carboxylic acids is 1. The van der Waals surface area contributed by atoms with Gasteiger partial charge in [0.15, 0.2) is 5.75 Å². The van der Waals surface area contributed by atoms with Gasteiger partial charge in [0.05, 0.1) is 12.8 Å². The summed E-state index contributed by atoms with van der Waals surface area (Å²) in [5.41, 5.74) is 8.88. The lowest BCUT2D eigenvalue weighted by Gasteiger charge is -2.13. The van der Waals surface area contributed by atoms with Gasteiger partial charge in [-0.25, -0.2) is 4.79 Å². The van der Waals surface area contributed by atoms with Crippen molar-refractivity contribution in [1.82, 2.24) is 0 Å². The van der Waals surface area contributed by atoms with Crippen molar-refractivity contribution in [2.75, 3.05) is 12.8 Å². The van der Waals surface area contributed by atoms with Crippen molar-refractivity contribution in [3.63, 3.8) is 0 Å². The van der Waals surface area contributed by atoms with Crippen LogP contribution in [0.3, 0.4) is 0 Å². The van der Waals surface area contributed by atoms with Gasteiger partial charge in [0.2, 0.25) is 0 Å². The SMILES string of the molecule is COC(=O)c1cccc(N)c1Oc1ccc(C)c(C)c1. The first-order valence-corrected chi connectivity index (χ1v) is 6.25. The first kappa shape index (κ1) is 13.9. The molecule has 4 heteroatoms. The van der Waals surface area contributed by atoms with Gasteiger partial charge >= 0.3 is 5.97 Å². The molecule has 0 aliphatic heterocycles. The van der Waals surface area contributed by atoms with Gasteiger partial charge in [0.1, 0.15) is 11.3 Å². The minimum Gasteiger partial charge on any atom is -0.465 e. The highest BCUT2D eigenvalue weighted by Gasteiger charge is 2.16. The van der Waals surface area contributed by atoms with Gasteiger partial charge in [-0.15, -0.1) is 0 Å². The molecular formula is C16H17NO3. The largest absolute Gasteiger partial charge is 0.465 e. The molecule has 0 aliphatic carbocycles. The quantitative estimate of drug-likeness (QED) is 0.686. The Morgan fingerprint density at radius 1 is 1.10 bits per heavy atom. The van der Waals surface area contributed by atoms with Crippen molar-refractivity contribution in [2.45, 2.75) is 13.8 Å². The first-order valence-electron chi connectivity index (χ1n) is 6.25. The highest BCUT2D eigenvalue weighted by atomic mass is 16.5. The minimum atomic E-state index is -0.476. The number of esters is 1. The average molecular weight is 271 g/mol. The second kappa shape index (κ2) is 5.65. The number of anilines is 1. The van der Waals surface area contributed by atoms with Crippen LogP contribution in [0.1, 0.15) is 21.5 Å². The van der Waals surface area contributed by atoms with E-state index >= 15 is 0 Å². The molecule has 0 amide bonds. The minimum absolute atomic E-state index is 0.311. The summed E-state index contributed by atoms with van der Waals surface area (Å²) in [6, 6.07) is 10.7. The van der Waals surface area contributed by atoms with Crippen LogP contribution in [0.5, 0.6) is 11.5 Å². The fraction of sp³-hybridized carbons (Fsp3) is 0.188. The van der Waals surface area contributed by atoms with Crippen molar-refractivity contribution >= 4 is 11.7 Å². The number of benzene rings is 2. The van der Waals surface area contributed by atoms with Crippen LogP contribution in [0.4, 0.5) is 5.69 Å². The average Bonchev–Trinajstić information content (AvgIpc) is 2.44. The molecule has 0 bridgehead atoms. The van der Waals surface area contributed by atoms with Crippen LogP contribution >= 0.6 is 0 Å². The van der Waals surface area contributed by atoms with E-state index in [0.717, 1.165) is 5.56 Å². The van der Waals surface area contributed by atoms with Crippen molar-refractivity contribution in [3.05, 3.63) is 53.1 Å². The lowest BCUT2D eigenvalue weighted by atomic mass is 10.1. The number of aryl methyl sites for hydroxylation is 2. The molecule has 0 radical (unpaired) electrons. The Morgan fingerprint density at radius 2 is 1.85 bits per heavy atom. The molecule has 0 saturated carbocycles. The molecule has 0 spiro atoms. The van der Waals surface area contributed by atoms with Crippen LogP contribution in [0.15, 0.2) is 36.4 Å². The molecule has 2 aromatic carbocycles. The maximum absolute atomic E-state index is 11.7. The molecule has 0 fully saturated rings. The third kappa shape index (κ3) is 2.74. The maximum atomic E-state index is 11.7. The molecule has 4 nitrogen and oxygen atoms in total. The molecule has 20 heavy (non-hydrogen) atoms. The smallest absolute Gasteiger partial charge is 0.341 e. The Bertz CT molecular complexity index is 650. The summed E-state index contributed by atoms with van der Waals surface area (Å²) in [7, 11) is 1.32. The zero-order chi connectivity index (χ0) is 14.7. The number of nitrogen functional groups attached to an aromatic ring is 1. The lowest BCUT2D eigenvalue weighted by molar-refractivity contribution is 0.0598. The van der Waals surface area contributed by atoms with Gasteiger partial charge in [0.25, 0.3) is 0 Å². The summed E-state index contributed by atoms with van der Waals surface area (Å²) in [6.07, 6.45) is 0. The van der Waals surface area contributed by atoms with Crippen molar-refractivity contribution < 1.29 is 14.3 Å². The lowest BCUT2D eigenvalue weighted by Crippen LogP contribution is -2.05. The number of rotatable bonds is 3. The van der Waals surface area contributed by atoms with Gasteiger partial charge in [0, 0.05) is 0 Å². The van der Waals surface area contributed by atoms with Crippen molar-refractivity contribution in [2.24, 2.45) is 0 Å². The van der Waals surface area contributed by atoms with E-state index in [1.807, 2.05) is 32.0 Å². The van der Waals surface area contributed by atoms with E-state index in [2.05, 4.69) is 0 Å². The number of hydrogen-bond donors (Lipinski definition) is 1. The molecular weight excluding hydrogens is 254 g/mol. The number of nitrogens with two attached hydrogens (primary N) is 1. The predicted octanol–water partition coefficient (Wildman–Crippen LogP) is 3.46. The fourth-order valence-electron chi connectivity index (χ4n) is 1.83. The van der Waals surface area contributed by atoms with Gasteiger partial charge in [-0.3, -0.25) is 0 Å². The van der Waals surface area contributed by atoms with Crippen LogP contribution in [0.2, 0.25) is 0 Å². The summed E-state index contributed by atoms with van der Waals surface area (Å²) < 4.78 is 10.5. The highest BCUT2D eigenvalue weighted by Crippen LogP contribution is 2.32. The molecule has 2 aromatic rings. The molecule has 104 valence electrons. The van der Waals surface area contributed by atoms with Gasteiger partial charge in [-0.2, -0.15) is 0 Å². The Balaban J connectivity index is 2.42. The molecule has 2 rings (SSSR count). The fourth-order valence-corrected chi connectivity index (χ4v) is 1.83. The summed E-state index contributed by atoms with van der Waals surface area (Å²) in [5, 5.41) is 0. The van der Waals surface area contributed by atoms with Gasteiger partial charge < -0.3 is 15.2 Å². The van der Waals surface area contributed by atoms with E-state index in [0.29, 0.717) is 22.7 Å². The molecule has 0 aliphatic rings. The summed E-state index contributed by atoms with van der Waals surface area (Å²) >= 11 is 0. The van der Waals surface area contributed by atoms with Crippen LogP contribution in [0.25, 0.3) is 0 Å². The summed E-state index contributed by atoms with van der Waals surface area (Å²) in [6.45, 7) is 4.02. The molecule has 0 unspecified atom stereocenters. The van der Waals surface area contributed by atoms with Gasteiger partial charge in [-0.1, -0.05) is 12.1 Å². The summed E-state index contributed by atoms with van der Waals surface area (Å²) in [4.78, 5) is 11.7. The standard InChI is InChI=1S/C16H17NO3/c1-10-7-8-12(9-11(10)2)20-15-13(16(18)19-3)5-4-6-14(15)17/h4-9H,17H2,1-3H3. The second-order valence-corrected chi connectivity index (χ2v) is 4.56. The number of methoxy groups -OCH3 is 1. The normalized spacial score (nSPS) is 10.2. The van der Waals surface area contributed by atoms with Crippen LogP contribution in [-0.4, -0.2) is 13.1 Å². The van der Waals surface area contributed by atoms with Crippen molar-refractivity contribution in [3.8, 4) is 11.5 Å². The third-order valence-electron chi connectivity index (χ3n) is 3.15. The second-order valence-electron chi connectivity index (χ2n) is 4.56. The van der Waals surface area contributed by atoms with E-state index in [9.17, 15) is 4.79 Å². The predicted molar refractivity (Wildman–Crippen MR) is 78.2 cm³/mol. The Kier molecular flexibility index (Phi) is 3.94. The number of hydrogen-bond acceptors (Lipinski definition) is 4. The van der Waals surface area contributed by atoms with Crippen molar-refractivity contribution in [1.29, 1.82) is 0 Å². The number of carbonyl (C=O) groups is 1. The number of ether oxygens (including phenoxy) is 2. The van der Waals surface area contributed by atoms with E-state index in [1.165, 1.54) is 12.7 Å². The van der Waals surface area contributed by atoms with Gasteiger partial charge in [-0.05, 0) is 49.2 Å². The zero-order valence-electron chi connectivity index (χ0n) is 11.8. The molecule has 0 atom stereocenters. The van der Waals surface area contributed by atoms with E-state index in [1.54, 1.807) is 18.2 Å². The van der Waals surface area contributed by atoms with Crippen LogP contribution < -0.4 is 10.5 Å². The third-order valence-corrected chi connectivity index (χ3v) is 3.15. The van der Waals surface area contributed by atoms with E-state index < -0.39 is 5.97 Å². The molecule has 2 N–H and O–H groups in total. The molecule has 0 heterocycles. The van der Waals surface area contributed by atoms with Crippen LogP contribution in [0, 0.1) is 13.8 Å². The summed E-state index contributed by atoms with van der Waals surface area (Å²) in [5.74, 6) is 0.481. The monoisotopic (exact) mass is 271 g/mol. The first-order chi connectivity index (χ1) is 9.52. The Labute approximate surface area is 118 Å². The van der Waals surface area contributed by atoms with E-state index in [-0.39, 0.29) is 0 Å². The number of para-hydroxylation sites is 1. The van der Waals surface area contributed by atoms with Crippen LogP contribution in [-0.2, 0) is 4.74 Å². The maximum Gasteiger partial charge on any atom is 0.341 e. The van der Waals surface area contributed by atoms with E-state index in [4.69, 9.17) is 15.2 Å². The molecule has 0 aromatic heterocycles. The Hall–Kier alpha value is -2.49. The Morgan fingerprint density at radius 3 is 2.50 bits per heavy atom.